The van der Waals surface area contributed by atoms with E-state index < -0.39 is 35.6 Å². The summed E-state index contributed by atoms with van der Waals surface area (Å²) in [6.45, 7) is 1.65. The largest absolute Gasteiger partial charge is 0.462 e. The molecule has 4 atom stereocenters. The summed E-state index contributed by atoms with van der Waals surface area (Å²) >= 11 is 0. The Labute approximate surface area is 174 Å². The van der Waals surface area contributed by atoms with Crippen LogP contribution in [0.4, 0.5) is 0 Å². The molecule has 3 rings (SSSR count). The molecular formula is C21H28N4O5. The minimum absolute atomic E-state index is 0.0256. The summed E-state index contributed by atoms with van der Waals surface area (Å²) in [6, 6.07) is 8.65. The topological polar surface area (TPSA) is 120 Å². The van der Waals surface area contributed by atoms with Gasteiger partial charge in [0.25, 0.3) is 5.56 Å². The van der Waals surface area contributed by atoms with Crippen molar-refractivity contribution in [3.8, 4) is 0 Å². The van der Waals surface area contributed by atoms with E-state index in [1.165, 1.54) is 10.8 Å². The molecule has 9 nitrogen and oxygen atoms in total. The summed E-state index contributed by atoms with van der Waals surface area (Å²) in [7, 11) is 3.79. The van der Waals surface area contributed by atoms with E-state index in [1.54, 1.807) is 6.92 Å². The number of nitrogens with two attached hydrogens (primary N) is 1. The van der Waals surface area contributed by atoms with E-state index in [0.29, 0.717) is 18.4 Å². The number of carbonyl (C=O) groups is 1. The van der Waals surface area contributed by atoms with Crippen LogP contribution >= 0.6 is 0 Å². The minimum atomic E-state index is -0.771. The maximum absolute atomic E-state index is 12.4. The zero-order valence-corrected chi connectivity index (χ0v) is 17.4. The number of aryl methyl sites for hydroxylation is 1. The molecule has 1 aromatic carbocycles. The second-order valence-corrected chi connectivity index (χ2v) is 7.80. The first-order valence-electron chi connectivity index (χ1n) is 9.86. The number of benzene rings is 1. The number of esters is 1. The number of likely N-dealkylation sites (N-methyl/N-ethyl adjacent to an activating group) is 1. The first-order chi connectivity index (χ1) is 14.3. The van der Waals surface area contributed by atoms with Crippen molar-refractivity contribution in [1.29, 1.82) is 0 Å². The van der Waals surface area contributed by atoms with Crippen LogP contribution in [0.5, 0.6) is 0 Å². The predicted molar refractivity (Wildman–Crippen MR) is 111 cm³/mol. The van der Waals surface area contributed by atoms with Crippen LogP contribution in [0.1, 0.15) is 23.8 Å². The van der Waals surface area contributed by atoms with Crippen molar-refractivity contribution in [3.63, 3.8) is 0 Å². The van der Waals surface area contributed by atoms with Gasteiger partial charge < -0.3 is 20.1 Å². The molecule has 9 heteroatoms. The molecule has 1 aliphatic heterocycles. The highest BCUT2D eigenvalue weighted by molar-refractivity contribution is 5.75. The summed E-state index contributed by atoms with van der Waals surface area (Å²) < 4.78 is 12.8. The van der Waals surface area contributed by atoms with Gasteiger partial charge in [-0.15, -0.1) is 0 Å². The second-order valence-electron chi connectivity index (χ2n) is 7.80. The predicted octanol–water partition coefficient (Wildman–Crippen LogP) is 0.176. The van der Waals surface area contributed by atoms with E-state index in [2.05, 4.69) is 4.98 Å². The fourth-order valence-corrected chi connectivity index (χ4v) is 3.60. The maximum atomic E-state index is 12.4. The third kappa shape index (κ3) is 5.05. The lowest BCUT2D eigenvalue weighted by Crippen LogP contribution is -2.41. The summed E-state index contributed by atoms with van der Waals surface area (Å²) in [6.07, 6.45) is 1.38. The zero-order valence-electron chi connectivity index (χ0n) is 17.4. The molecule has 2 aromatic rings. The highest BCUT2D eigenvalue weighted by atomic mass is 16.6. The smallest absolute Gasteiger partial charge is 0.330 e. The number of nitrogens with zero attached hydrogens (tertiary/aromatic N) is 2. The Morgan fingerprint density at radius 2 is 2.03 bits per heavy atom. The van der Waals surface area contributed by atoms with Crippen LogP contribution in [-0.4, -0.2) is 59.3 Å². The lowest BCUT2D eigenvalue weighted by molar-refractivity contribution is -0.150. The fraction of sp³-hybridized carbons (Fsp3) is 0.476. The molecule has 0 aliphatic carbocycles. The Balaban J connectivity index is 1.64. The van der Waals surface area contributed by atoms with Gasteiger partial charge in [0.15, 0.2) is 0 Å². The number of carbonyl (C=O) groups excluding carboxylic acids is 1. The van der Waals surface area contributed by atoms with E-state index in [0.717, 1.165) is 5.56 Å². The van der Waals surface area contributed by atoms with Gasteiger partial charge in [-0.25, -0.2) is 4.79 Å². The molecule has 162 valence electrons. The van der Waals surface area contributed by atoms with Gasteiger partial charge in [-0.05, 0) is 33.0 Å². The van der Waals surface area contributed by atoms with Crippen molar-refractivity contribution in [3.05, 3.63) is 68.5 Å². The van der Waals surface area contributed by atoms with Crippen molar-refractivity contribution in [1.82, 2.24) is 14.5 Å². The average Bonchev–Trinajstić information content (AvgIpc) is 3.14. The standard InChI is InChI=1S/C21H28N4O5/c1-13-11-25(21(28)23-19(13)26)18-10-16(24(2)3)17(30-18)12-29-20(27)15(22)9-14-7-5-4-6-8-14/h4-8,11,15-18H,9-10,12,22H2,1-3H3,(H,23,26,28)/t15-,16-,17+,18+/m0/s1. The molecule has 2 heterocycles. The van der Waals surface area contributed by atoms with Gasteiger partial charge in [-0.1, -0.05) is 30.3 Å². The van der Waals surface area contributed by atoms with Crippen LogP contribution in [0.2, 0.25) is 0 Å². The molecule has 0 spiro atoms. The number of hydrogen-bond acceptors (Lipinski definition) is 7. The van der Waals surface area contributed by atoms with Gasteiger partial charge >= 0.3 is 11.7 Å². The van der Waals surface area contributed by atoms with Crippen molar-refractivity contribution in [2.45, 2.75) is 44.2 Å². The van der Waals surface area contributed by atoms with E-state index in [4.69, 9.17) is 15.2 Å². The fourth-order valence-electron chi connectivity index (χ4n) is 3.60. The highest BCUT2D eigenvalue weighted by Gasteiger charge is 2.39. The SMILES string of the molecule is Cc1cn([C@H]2C[C@H](N(C)C)[C@@H](COC(=O)[C@@H](N)Cc3ccccc3)O2)c(=O)[nH]c1=O. The lowest BCUT2D eigenvalue weighted by atomic mass is 10.1. The Morgan fingerprint density at radius 1 is 1.33 bits per heavy atom. The van der Waals surface area contributed by atoms with Gasteiger partial charge in [0.2, 0.25) is 0 Å². The van der Waals surface area contributed by atoms with Gasteiger partial charge in [-0.3, -0.25) is 19.1 Å². The number of rotatable bonds is 7. The van der Waals surface area contributed by atoms with Crippen molar-refractivity contribution in [2.24, 2.45) is 5.73 Å². The van der Waals surface area contributed by atoms with Crippen LogP contribution in [0.15, 0.2) is 46.1 Å². The van der Waals surface area contributed by atoms with Crippen molar-refractivity contribution in [2.75, 3.05) is 20.7 Å². The molecule has 1 saturated heterocycles. The third-order valence-electron chi connectivity index (χ3n) is 5.31. The Kier molecular flexibility index (Phi) is 6.86. The number of hydrogen-bond donors (Lipinski definition) is 2. The molecule has 30 heavy (non-hydrogen) atoms. The zero-order chi connectivity index (χ0) is 21.8. The van der Waals surface area contributed by atoms with Crippen LogP contribution in [0.25, 0.3) is 0 Å². The third-order valence-corrected chi connectivity index (χ3v) is 5.31. The summed E-state index contributed by atoms with van der Waals surface area (Å²) in [5.41, 5.74) is 6.42. The van der Waals surface area contributed by atoms with E-state index in [-0.39, 0.29) is 12.6 Å². The molecule has 0 amide bonds. The van der Waals surface area contributed by atoms with Gasteiger partial charge in [0, 0.05) is 24.2 Å². The van der Waals surface area contributed by atoms with Gasteiger partial charge in [0.05, 0.1) is 0 Å². The molecule has 0 radical (unpaired) electrons. The number of aromatic nitrogens is 2. The second kappa shape index (κ2) is 9.38. The van der Waals surface area contributed by atoms with Crippen LogP contribution in [0.3, 0.4) is 0 Å². The van der Waals surface area contributed by atoms with Crippen molar-refractivity contribution < 1.29 is 14.3 Å². The van der Waals surface area contributed by atoms with E-state index in [1.807, 2.05) is 49.3 Å². The Bertz CT molecular complexity index is 985. The molecular weight excluding hydrogens is 388 g/mol. The van der Waals surface area contributed by atoms with E-state index >= 15 is 0 Å². The molecule has 0 unspecified atom stereocenters. The molecule has 0 bridgehead atoms. The van der Waals surface area contributed by atoms with Crippen LogP contribution < -0.4 is 17.0 Å². The summed E-state index contributed by atoms with van der Waals surface area (Å²) in [5.74, 6) is -0.500. The van der Waals surface area contributed by atoms with Crippen molar-refractivity contribution >= 4 is 5.97 Å². The molecule has 1 aliphatic rings. The van der Waals surface area contributed by atoms with Gasteiger partial charge in [0.1, 0.15) is 25.0 Å². The molecule has 0 saturated carbocycles. The monoisotopic (exact) mass is 416 g/mol. The Hall–Kier alpha value is -2.75. The summed E-state index contributed by atoms with van der Waals surface area (Å²) in [5, 5.41) is 0. The van der Waals surface area contributed by atoms with E-state index in [9.17, 15) is 14.4 Å². The van der Waals surface area contributed by atoms with Crippen LogP contribution in [-0.2, 0) is 20.7 Å². The maximum Gasteiger partial charge on any atom is 0.330 e. The average molecular weight is 416 g/mol. The molecule has 1 fully saturated rings. The Morgan fingerprint density at radius 3 is 2.70 bits per heavy atom. The van der Waals surface area contributed by atoms with Crippen LogP contribution in [0, 0.1) is 6.92 Å². The lowest BCUT2D eigenvalue weighted by Gasteiger charge is -2.24. The van der Waals surface area contributed by atoms with Gasteiger partial charge in [-0.2, -0.15) is 0 Å². The minimum Gasteiger partial charge on any atom is -0.462 e. The number of nitrogens with one attached hydrogen (secondary N) is 1. The summed E-state index contributed by atoms with van der Waals surface area (Å²) in [4.78, 5) is 40.4. The highest BCUT2D eigenvalue weighted by Crippen LogP contribution is 2.30. The molecule has 1 aromatic heterocycles. The first-order valence-corrected chi connectivity index (χ1v) is 9.86. The first kappa shape index (κ1) is 21.9. The number of ether oxygens (including phenoxy) is 2. The quantitative estimate of drug-likeness (QED) is 0.618. The number of aromatic amines is 1. The normalized spacial score (nSPS) is 22.2. The number of H-pyrrole nitrogens is 1. The molecule has 3 N–H and O–H groups in total.